The van der Waals surface area contributed by atoms with E-state index in [0.717, 1.165) is 18.9 Å². The zero-order chi connectivity index (χ0) is 14.4. The minimum absolute atomic E-state index is 0.376. The molecule has 1 saturated carbocycles. The highest BCUT2D eigenvalue weighted by Crippen LogP contribution is 2.38. The fraction of sp³-hybridized carbons (Fsp3) is 0.706. The summed E-state index contributed by atoms with van der Waals surface area (Å²) in [6.45, 7) is 5.58. The highest BCUT2D eigenvalue weighted by Gasteiger charge is 2.28. The Balaban J connectivity index is 2.10. The van der Waals surface area contributed by atoms with E-state index in [9.17, 15) is 0 Å². The molecule has 1 aromatic heterocycles. The second kappa shape index (κ2) is 7.63. The van der Waals surface area contributed by atoms with Crippen molar-refractivity contribution in [1.29, 1.82) is 0 Å². The molecule has 0 aliphatic heterocycles. The van der Waals surface area contributed by atoms with Crippen molar-refractivity contribution in [2.24, 2.45) is 11.8 Å². The molecule has 1 aliphatic rings. The van der Waals surface area contributed by atoms with E-state index in [1.54, 1.807) is 6.20 Å². The van der Waals surface area contributed by atoms with E-state index in [-0.39, 0.29) is 0 Å². The zero-order valence-electron chi connectivity index (χ0n) is 12.9. The zero-order valence-corrected chi connectivity index (χ0v) is 12.9. The summed E-state index contributed by atoms with van der Waals surface area (Å²) in [5.74, 6) is 2.33. The summed E-state index contributed by atoms with van der Waals surface area (Å²) < 4.78 is 0. The number of rotatable bonds is 6. The molecule has 0 saturated heterocycles. The first-order valence-electron chi connectivity index (χ1n) is 8.20. The maximum atomic E-state index is 6.10. The summed E-state index contributed by atoms with van der Waals surface area (Å²) in [5, 5.41) is 3.71. The van der Waals surface area contributed by atoms with Gasteiger partial charge < -0.3 is 11.1 Å². The first-order valence-corrected chi connectivity index (χ1v) is 8.20. The van der Waals surface area contributed by atoms with Crippen LogP contribution in [0.1, 0.15) is 64.0 Å². The lowest BCUT2D eigenvalue weighted by Gasteiger charge is -2.34. The van der Waals surface area contributed by atoms with E-state index in [2.05, 4.69) is 30.2 Å². The van der Waals surface area contributed by atoms with Crippen molar-refractivity contribution < 1.29 is 0 Å². The molecule has 1 aromatic rings. The van der Waals surface area contributed by atoms with Crippen LogP contribution in [0, 0.1) is 11.8 Å². The van der Waals surface area contributed by atoms with Crippen molar-refractivity contribution in [3.05, 3.63) is 23.9 Å². The number of aromatic nitrogens is 1. The maximum absolute atomic E-state index is 6.10. The number of pyridine rings is 1. The molecule has 3 nitrogen and oxygen atoms in total. The number of hydrogen-bond donors (Lipinski definition) is 2. The average molecular weight is 275 g/mol. The number of nitrogens with one attached hydrogen (secondary N) is 1. The van der Waals surface area contributed by atoms with E-state index < -0.39 is 0 Å². The molecule has 3 heteroatoms. The monoisotopic (exact) mass is 275 g/mol. The van der Waals surface area contributed by atoms with Crippen molar-refractivity contribution in [3.63, 3.8) is 0 Å². The van der Waals surface area contributed by atoms with Crippen LogP contribution in [0.3, 0.4) is 0 Å². The fourth-order valence-corrected chi connectivity index (χ4v) is 3.45. The topological polar surface area (TPSA) is 50.9 Å². The van der Waals surface area contributed by atoms with Crippen LogP contribution < -0.4 is 11.1 Å². The molecule has 0 aromatic carbocycles. The van der Waals surface area contributed by atoms with E-state index in [4.69, 9.17) is 5.73 Å². The fourth-order valence-electron chi connectivity index (χ4n) is 3.45. The minimum atomic E-state index is 0.376. The number of nitrogens with zero attached hydrogens (tertiary/aromatic N) is 1. The molecule has 0 spiro atoms. The van der Waals surface area contributed by atoms with Crippen molar-refractivity contribution in [3.8, 4) is 0 Å². The minimum Gasteiger partial charge on any atom is -0.383 e. The quantitative estimate of drug-likeness (QED) is 0.827. The van der Waals surface area contributed by atoms with Gasteiger partial charge >= 0.3 is 0 Å². The first-order chi connectivity index (χ1) is 9.76. The Morgan fingerprint density at radius 1 is 1.30 bits per heavy atom. The maximum Gasteiger partial charge on any atom is 0.128 e. The molecule has 1 unspecified atom stereocenters. The van der Waals surface area contributed by atoms with Crippen molar-refractivity contribution in [2.75, 3.05) is 12.3 Å². The Morgan fingerprint density at radius 3 is 2.65 bits per heavy atom. The lowest BCUT2D eigenvalue weighted by atomic mass is 9.76. The Labute approximate surface area is 123 Å². The summed E-state index contributed by atoms with van der Waals surface area (Å²) >= 11 is 0. The molecular weight excluding hydrogens is 246 g/mol. The van der Waals surface area contributed by atoms with E-state index >= 15 is 0 Å². The van der Waals surface area contributed by atoms with Gasteiger partial charge in [-0.05, 0) is 43.7 Å². The van der Waals surface area contributed by atoms with Crippen molar-refractivity contribution in [2.45, 2.75) is 58.4 Å². The number of nitrogens with two attached hydrogens (primary N) is 1. The molecule has 1 aliphatic carbocycles. The van der Waals surface area contributed by atoms with Gasteiger partial charge in [-0.3, -0.25) is 0 Å². The van der Waals surface area contributed by atoms with Crippen LogP contribution in [-0.4, -0.2) is 11.5 Å². The third-order valence-corrected chi connectivity index (χ3v) is 4.76. The van der Waals surface area contributed by atoms with E-state index in [0.29, 0.717) is 17.8 Å². The largest absolute Gasteiger partial charge is 0.383 e. The van der Waals surface area contributed by atoms with Crippen LogP contribution in [0.2, 0.25) is 0 Å². The molecular formula is C17H29N3. The standard InChI is InChI=1S/C17H29N3/c1-3-11-19-16(15-6-5-12-20-17(15)18)14-9-7-13(4-2)8-10-14/h5-6,12-14,16,19H,3-4,7-11H2,1-2H3,(H2,18,20). The number of hydrogen-bond acceptors (Lipinski definition) is 3. The lowest BCUT2D eigenvalue weighted by Crippen LogP contribution is -2.32. The third kappa shape index (κ3) is 3.72. The van der Waals surface area contributed by atoms with E-state index in [1.165, 1.54) is 37.7 Å². The van der Waals surface area contributed by atoms with Gasteiger partial charge in [-0.25, -0.2) is 4.98 Å². The van der Waals surface area contributed by atoms with Crippen LogP contribution in [0.4, 0.5) is 5.82 Å². The van der Waals surface area contributed by atoms with E-state index in [1.807, 2.05) is 6.07 Å². The summed E-state index contributed by atoms with van der Waals surface area (Å²) in [4.78, 5) is 4.27. The van der Waals surface area contributed by atoms with Crippen molar-refractivity contribution in [1.82, 2.24) is 10.3 Å². The predicted molar refractivity (Wildman–Crippen MR) is 85.4 cm³/mol. The van der Waals surface area contributed by atoms with Crippen LogP contribution in [-0.2, 0) is 0 Å². The van der Waals surface area contributed by atoms with Gasteiger partial charge in [-0.15, -0.1) is 0 Å². The highest BCUT2D eigenvalue weighted by molar-refractivity contribution is 5.41. The number of anilines is 1. The van der Waals surface area contributed by atoms with Gasteiger partial charge in [0.15, 0.2) is 0 Å². The number of nitrogen functional groups attached to an aromatic ring is 1. The predicted octanol–water partition coefficient (Wildman–Crippen LogP) is 3.92. The van der Waals surface area contributed by atoms with Crippen LogP contribution >= 0.6 is 0 Å². The van der Waals surface area contributed by atoms with Gasteiger partial charge in [0.2, 0.25) is 0 Å². The van der Waals surface area contributed by atoms with Gasteiger partial charge in [0.25, 0.3) is 0 Å². The summed E-state index contributed by atoms with van der Waals surface area (Å²) in [6, 6.07) is 4.52. The molecule has 0 radical (unpaired) electrons. The average Bonchev–Trinajstić information content (AvgIpc) is 2.50. The highest BCUT2D eigenvalue weighted by atomic mass is 14.9. The van der Waals surface area contributed by atoms with Crippen molar-refractivity contribution >= 4 is 5.82 Å². The molecule has 0 amide bonds. The molecule has 1 atom stereocenters. The Morgan fingerprint density at radius 2 is 2.05 bits per heavy atom. The summed E-state index contributed by atoms with van der Waals surface area (Å²) in [6.07, 6.45) is 9.62. The molecule has 112 valence electrons. The third-order valence-electron chi connectivity index (χ3n) is 4.76. The van der Waals surface area contributed by atoms with Crippen LogP contribution in [0.15, 0.2) is 18.3 Å². The molecule has 2 rings (SSSR count). The summed E-state index contributed by atoms with van der Waals surface area (Å²) in [5.41, 5.74) is 7.30. The lowest BCUT2D eigenvalue weighted by molar-refractivity contribution is 0.219. The van der Waals surface area contributed by atoms with Crippen LogP contribution in [0.25, 0.3) is 0 Å². The van der Waals surface area contributed by atoms with Gasteiger partial charge in [0.05, 0.1) is 0 Å². The van der Waals surface area contributed by atoms with Crippen LogP contribution in [0.5, 0.6) is 0 Å². The van der Waals surface area contributed by atoms with Gasteiger partial charge in [0, 0.05) is 17.8 Å². The SMILES string of the molecule is CCCNC(c1cccnc1N)C1CCC(CC)CC1. The Kier molecular flexibility index (Phi) is 5.84. The Bertz CT molecular complexity index is 397. The molecule has 20 heavy (non-hydrogen) atoms. The Hall–Kier alpha value is -1.09. The molecule has 3 N–H and O–H groups in total. The van der Waals surface area contributed by atoms with Gasteiger partial charge in [-0.2, -0.15) is 0 Å². The molecule has 1 fully saturated rings. The first kappa shape index (κ1) is 15.3. The second-order valence-electron chi connectivity index (χ2n) is 6.10. The van der Waals surface area contributed by atoms with Gasteiger partial charge in [-0.1, -0.05) is 39.2 Å². The summed E-state index contributed by atoms with van der Waals surface area (Å²) in [7, 11) is 0. The molecule has 0 bridgehead atoms. The normalized spacial score (nSPS) is 24.5. The van der Waals surface area contributed by atoms with Gasteiger partial charge in [0.1, 0.15) is 5.82 Å². The second-order valence-corrected chi connectivity index (χ2v) is 6.10. The molecule has 1 heterocycles. The smallest absolute Gasteiger partial charge is 0.128 e.